The number of anilines is 1. The van der Waals surface area contributed by atoms with Crippen LogP contribution in [0.3, 0.4) is 0 Å². The van der Waals surface area contributed by atoms with Crippen LogP contribution < -0.4 is 4.90 Å². The van der Waals surface area contributed by atoms with Crippen LogP contribution in [0.1, 0.15) is 18.5 Å². The monoisotopic (exact) mass is 285 g/mol. The number of nitrogens with zero attached hydrogens (tertiary/aromatic N) is 3. The number of carbonyl (C=O) groups is 1. The van der Waals surface area contributed by atoms with Gasteiger partial charge in [-0.1, -0.05) is 0 Å². The van der Waals surface area contributed by atoms with E-state index >= 15 is 0 Å². The van der Waals surface area contributed by atoms with Crippen LogP contribution in [0.2, 0.25) is 0 Å². The van der Waals surface area contributed by atoms with Crippen LogP contribution in [0.15, 0.2) is 24.3 Å². The first-order valence-corrected chi connectivity index (χ1v) is 6.87. The number of nitro benzene ring substituents is 1. The highest BCUT2D eigenvalue weighted by atomic mass is 16.6. The SMILES string of the molecule is Cc1cc(N2CCCC(=O)C2)c2cc([N+](=O)[O-])ccc2n1. The summed E-state index contributed by atoms with van der Waals surface area (Å²) < 4.78 is 0. The number of hydrogen-bond donors (Lipinski definition) is 0. The van der Waals surface area contributed by atoms with Crippen molar-refractivity contribution < 1.29 is 9.72 Å². The van der Waals surface area contributed by atoms with Crippen molar-refractivity contribution in [1.82, 2.24) is 4.98 Å². The Morgan fingerprint density at radius 3 is 2.86 bits per heavy atom. The molecule has 0 spiro atoms. The van der Waals surface area contributed by atoms with E-state index in [2.05, 4.69) is 4.98 Å². The Morgan fingerprint density at radius 1 is 1.33 bits per heavy atom. The molecule has 1 aliphatic rings. The van der Waals surface area contributed by atoms with Crippen molar-refractivity contribution in [3.8, 4) is 0 Å². The molecule has 2 aromatic rings. The zero-order chi connectivity index (χ0) is 15.0. The average molecular weight is 285 g/mol. The number of pyridine rings is 1. The first-order chi connectivity index (χ1) is 10.0. The van der Waals surface area contributed by atoms with E-state index in [0.29, 0.717) is 18.5 Å². The zero-order valence-electron chi connectivity index (χ0n) is 11.7. The molecular weight excluding hydrogens is 270 g/mol. The van der Waals surface area contributed by atoms with Crippen LogP contribution in [0, 0.1) is 17.0 Å². The van der Waals surface area contributed by atoms with Gasteiger partial charge in [0, 0.05) is 41.9 Å². The number of aryl methyl sites for hydroxylation is 1. The van der Waals surface area contributed by atoms with Gasteiger partial charge >= 0.3 is 0 Å². The van der Waals surface area contributed by atoms with Crippen molar-refractivity contribution in [2.45, 2.75) is 19.8 Å². The van der Waals surface area contributed by atoms with E-state index in [1.807, 2.05) is 17.9 Å². The predicted octanol–water partition coefficient (Wildman–Crippen LogP) is 2.62. The molecule has 1 aromatic carbocycles. The van der Waals surface area contributed by atoms with E-state index in [1.54, 1.807) is 6.07 Å². The Morgan fingerprint density at radius 2 is 2.14 bits per heavy atom. The van der Waals surface area contributed by atoms with Crippen molar-refractivity contribution >= 4 is 28.1 Å². The Kier molecular flexibility index (Phi) is 3.29. The number of nitro groups is 1. The summed E-state index contributed by atoms with van der Waals surface area (Å²) in [7, 11) is 0. The van der Waals surface area contributed by atoms with Crippen molar-refractivity contribution in [2.75, 3.05) is 18.0 Å². The number of rotatable bonds is 2. The molecule has 108 valence electrons. The van der Waals surface area contributed by atoms with Crippen LogP contribution in [0.25, 0.3) is 10.9 Å². The van der Waals surface area contributed by atoms with Gasteiger partial charge in [-0.3, -0.25) is 19.9 Å². The van der Waals surface area contributed by atoms with Gasteiger partial charge in [-0.2, -0.15) is 0 Å². The first kappa shape index (κ1) is 13.5. The number of carbonyl (C=O) groups excluding carboxylic acids is 1. The van der Waals surface area contributed by atoms with E-state index in [9.17, 15) is 14.9 Å². The summed E-state index contributed by atoms with van der Waals surface area (Å²) in [5.41, 5.74) is 2.45. The zero-order valence-corrected chi connectivity index (χ0v) is 11.7. The maximum atomic E-state index is 11.7. The predicted molar refractivity (Wildman–Crippen MR) is 79.6 cm³/mol. The lowest BCUT2D eigenvalue weighted by Crippen LogP contribution is -2.35. The average Bonchev–Trinajstić information content (AvgIpc) is 2.45. The summed E-state index contributed by atoms with van der Waals surface area (Å²) in [5.74, 6) is 0.203. The number of ketones is 1. The van der Waals surface area contributed by atoms with Crippen LogP contribution in [0.5, 0.6) is 0 Å². The second-order valence-corrected chi connectivity index (χ2v) is 5.31. The highest BCUT2D eigenvalue weighted by Gasteiger charge is 2.20. The second kappa shape index (κ2) is 5.12. The molecule has 0 radical (unpaired) electrons. The van der Waals surface area contributed by atoms with E-state index in [4.69, 9.17) is 0 Å². The molecule has 1 aromatic heterocycles. The minimum atomic E-state index is -0.412. The van der Waals surface area contributed by atoms with E-state index in [1.165, 1.54) is 12.1 Å². The van der Waals surface area contributed by atoms with Gasteiger partial charge < -0.3 is 4.90 Å². The van der Waals surface area contributed by atoms with Gasteiger partial charge in [0.25, 0.3) is 5.69 Å². The number of Topliss-reactive ketones (excluding diaryl/α,β-unsaturated/α-hetero) is 1. The number of fused-ring (bicyclic) bond motifs is 1. The van der Waals surface area contributed by atoms with Crippen molar-refractivity contribution in [1.29, 1.82) is 0 Å². The van der Waals surface area contributed by atoms with Gasteiger partial charge in [-0.05, 0) is 25.5 Å². The standard InChI is InChI=1S/C15H15N3O3/c1-10-7-15(17-6-2-3-12(19)9-17)13-8-11(18(20)21)4-5-14(13)16-10/h4-5,7-8H,2-3,6,9H2,1H3. The van der Waals surface area contributed by atoms with Crippen molar-refractivity contribution in [3.63, 3.8) is 0 Å². The third kappa shape index (κ3) is 2.56. The summed E-state index contributed by atoms with van der Waals surface area (Å²) in [6.07, 6.45) is 1.43. The van der Waals surface area contributed by atoms with Gasteiger partial charge in [0.05, 0.1) is 17.0 Å². The summed E-state index contributed by atoms with van der Waals surface area (Å²) in [6.45, 7) is 3.03. The highest BCUT2D eigenvalue weighted by molar-refractivity contribution is 5.96. The third-order valence-electron chi connectivity index (χ3n) is 3.70. The Hall–Kier alpha value is -2.50. The molecule has 2 heterocycles. The van der Waals surface area contributed by atoms with Gasteiger partial charge in [0.1, 0.15) is 0 Å². The fraction of sp³-hybridized carbons (Fsp3) is 0.333. The van der Waals surface area contributed by atoms with Gasteiger partial charge in [-0.15, -0.1) is 0 Å². The molecule has 1 aliphatic heterocycles. The fourth-order valence-electron chi connectivity index (χ4n) is 2.74. The minimum absolute atomic E-state index is 0.0396. The van der Waals surface area contributed by atoms with Crippen LogP contribution in [-0.2, 0) is 4.79 Å². The maximum Gasteiger partial charge on any atom is 0.270 e. The van der Waals surface area contributed by atoms with Gasteiger partial charge in [-0.25, -0.2) is 0 Å². The minimum Gasteiger partial charge on any atom is -0.364 e. The number of benzene rings is 1. The van der Waals surface area contributed by atoms with Crippen molar-refractivity contribution in [2.24, 2.45) is 0 Å². The second-order valence-electron chi connectivity index (χ2n) is 5.31. The molecule has 1 saturated heterocycles. The lowest BCUT2D eigenvalue weighted by Gasteiger charge is -2.29. The molecule has 0 amide bonds. The number of non-ortho nitro benzene ring substituents is 1. The van der Waals surface area contributed by atoms with Crippen LogP contribution >= 0.6 is 0 Å². The van der Waals surface area contributed by atoms with E-state index in [-0.39, 0.29) is 11.5 Å². The molecule has 6 heteroatoms. The van der Waals surface area contributed by atoms with Crippen molar-refractivity contribution in [3.05, 3.63) is 40.1 Å². The number of hydrogen-bond acceptors (Lipinski definition) is 5. The number of piperidine rings is 1. The molecule has 0 unspecified atom stereocenters. The molecule has 0 N–H and O–H groups in total. The summed E-state index contributed by atoms with van der Waals surface area (Å²) in [5, 5.41) is 11.7. The molecule has 0 atom stereocenters. The normalized spacial score (nSPS) is 15.5. The van der Waals surface area contributed by atoms with Crippen LogP contribution in [0.4, 0.5) is 11.4 Å². The lowest BCUT2D eigenvalue weighted by atomic mass is 10.1. The summed E-state index contributed by atoms with van der Waals surface area (Å²) >= 11 is 0. The maximum absolute atomic E-state index is 11.7. The van der Waals surface area contributed by atoms with Gasteiger partial charge in [0.15, 0.2) is 5.78 Å². The molecule has 0 saturated carbocycles. The third-order valence-corrected chi connectivity index (χ3v) is 3.70. The Bertz CT molecular complexity index is 742. The molecule has 6 nitrogen and oxygen atoms in total. The fourth-order valence-corrected chi connectivity index (χ4v) is 2.74. The Balaban J connectivity index is 2.17. The largest absolute Gasteiger partial charge is 0.364 e. The summed E-state index contributed by atoms with van der Waals surface area (Å²) in [4.78, 5) is 28.6. The topological polar surface area (TPSA) is 76.3 Å². The molecular formula is C15H15N3O3. The quantitative estimate of drug-likeness (QED) is 0.626. The molecule has 21 heavy (non-hydrogen) atoms. The van der Waals surface area contributed by atoms with E-state index < -0.39 is 4.92 Å². The van der Waals surface area contributed by atoms with E-state index in [0.717, 1.165) is 29.7 Å². The highest BCUT2D eigenvalue weighted by Crippen LogP contribution is 2.31. The molecule has 0 aliphatic carbocycles. The molecule has 1 fully saturated rings. The van der Waals surface area contributed by atoms with Gasteiger partial charge in [0.2, 0.25) is 0 Å². The van der Waals surface area contributed by atoms with Crippen LogP contribution in [-0.4, -0.2) is 28.8 Å². The molecule has 0 bridgehead atoms. The smallest absolute Gasteiger partial charge is 0.270 e. The number of aromatic nitrogens is 1. The first-order valence-electron chi connectivity index (χ1n) is 6.87. The lowest BCUT2D eigenvalue weighted by molar-refractivity contribution is -0.384. The Labute approximate surface area is 121 Å². The summed E-state index contributed by atoms with van der Waals surface area (Å²) in [6, 6.07) is 6.55. The molecule has 3 rings (SSSR count).